The SMILES string of the molecule is C=C/C=C(\C=C)CCCC(=O)N1C[C@@H](c2ccccc2OC)C[C@H]1C(=O)NC. The van der Waals surface area contributed by atoms with E-state index in [1.165, 1.54) is 0 Å². The van der Waals surface area contributed by atoms with Gasteiger partial charge in [0.25, 0.3) is 0 Å². The Hall–Kier alpha value is -2.82. The van der Waals surface area contributed by atoms with Crippen LogP contribution in [-0.4, -0.2) is 43.5 Å². The average Bonchev–Trinajstić information content (AvgIpc) is 3.17. The monoisotopic (exact) mass is 382 g/mol. The van der Waals surface area contributed by atoms with Gasteiger partial charge in [-0.2, -0.15) is 0 Å². The Kier molecular flexibility index (Phi) is 8.05. The first-order chi connectivity index (χ1) is 13.5. The largest absolute Gasteiger partial charge is 0.496 e. The third kappa shape index (κ3) is 5.12. The number of amides is 2. The van der Waals surface area contributed by atoms with Gasteiger partial charge in [0.2, 0.25) is 11.8 Å². The maximum atomic E-state index is 12.9. The molecule has 0 spiro atoms. The third-order valence-corrected chi connectivity index (χ3v) is 5.20. The molecule has 1 aromatic carbocycles. The summed E-state index contributed by atoms with van der Waals surface area (Å²) in [5, 5.41) is 2.70. The molecular formula is C23H30N2O3. The fourth-order valence-electron chi connectivity index (χ4n) is 3.75. The van der Waals surface area contributed by atoms with Crippen molar-refractivity contribution in [2.75, 3.05) is 20.7 Å². The van der Waals surface area contributed by atoms with Crippen LogP contribution in [0.4, 0.5) is 0 Å². The van der Waals surface area contributed by atoms with Crippen LogP contribution in [0.2, 0.25) is 0 Å². The summed E-state index contributed by atoms with van der Waals surface area (Å²) in [5.41, 5.74) is 2.09. The van der Waals surface area contributed by atoms with Crippen LogP contribution in [0.15, 0.2) is 61.2 Å². The summed E-state index contributed by atoms with van der Waals surface area (Å²) >= 11 is 0. The van der Waals surface area contributed by atoms with Crippen LogP contribution in [0.1, 0.15) is 37.2 Å². The fourth-order valence-corrected chi connectivity index (χ4v) is 3.75. The highest BCUT2D eigenvalue weighted by Gasteiger charge is 2.40. The number of likely N-dealkylation sites (tertiary alicyclic amines) is 1. The van der Waals surface area contributed by atoms with E-state index in [9.17, 15) is 9.59 Å². The number of nitrogens with zero attached hydrogens (tertiary/aromatic N) is 1. The average molecular weight is 383 g/mol. The van der Waals surface area contributed by atoms with Crippen LogP contribution in [0.5, 0.6) is 5.75 Å². The molecule has 150 valence electrons. The number of likely N-dealkylation sites (N-methyl/N-ethyl adjacent to an activating group) is 1. The maximum Gasteiger partial charge on any atom is 0.242 e. The second-order valence-electron chi connectivity index (χ2n) is 6.89. The van der Waals surface area contributed by atoms with Gasteiger partial charge in [-0.05, 0) is 36.5 Å². The number of ether oxygens (including phenoxy) is 1. The number of carbonyl (C=O) groups excluding carboxylic acids is 2. The standard InChI is InChI=1S/C23H30N2O3/c1-5-10-17(6-2)11-9-14-22(26)25-16-18(15-20(25)23(27)24-3)19-12-7-8-13-21(19)28-4/h5-8,10,12-13,18,20H,1-2,9,11,14-16H2,3-4H3,(H,24,27)/b17-10+/t18-,20-/m0/s1. The molecule has 1 heterocycles. The van der Waals surface area contributed by atoms with Gasteiger partial charge >= 0.3 is 0 Å². The molecule has 0 radical (unpaired) electrons. The molecule has 1 saturated heterocycles. The van der Waals surface area contributed by atoms with Crippen molar-refractivity contribution in [2.24, 2.45) is 0 Å². The Morgan fingerprint density at radius 2 is 2.04 bits per heavy atom. The van der Waals surface area contributed by atoms with Crippen LogP contribution < -0.4 is 10.1 Å². The molecule has 0 aliphatic carbocycles. The first-order valence-electron chi connectivity index (χ1n) is 9.63. The van der Waals surface area contributed by atoms with E-state index >= 15 is 0 Å². The van der Waals surface area contributed by atoms with Crippen molar-refractivity contribution in [1.82, 2.24) is 10.2 Å². The number of hydrogen-bond acceptors (Lipinski definition) is 3. The molecule has 1 fully saturated rings. The highest BCUT2D eigenvalue weighted by atomic mass is 16.5. The summed E-state index contributed by atoms with van der Waals surface area (Å²) in [6.45, 7) is 8.00. The summed E-state index contributed by atoms with van der Waals surface area (Å²) < 4.78 is 5.47. The van der Waals surface area contributed by atoms with Gasteiger partial charge < -0.3 is 15.0 Å². The molecule has 0 bridgehead atoms. The van der Waals surface area contributed by atoms with Crippen molar-refractivity contribution < 1.29 is 14.3 Å². The van der Waals surface area contributed by atoms with E-state index in [4.69, 9.17) is 4.74 Å². The van der Waals surface area contributed by atoms with E-state index in [1.807, 2.05) is 30.3 Å². The molecule has 1 aliphatic heterocycles. The highest BCUT2D eigenvalue weighted by molar-refractivity contribution is 5.88. The smallest absolute Gasteiger partial charge is 0.242 e. The summed E-state index contributed by atoms with van der Waals surface area (Å²) in [6, 6.07) is 7.35. The molecule has 5 heteroatoms. The van der Waals surface area contributed by atoms with Crippen LogP contribution in [0, 0.1) is 0 Å². The number of carbonyl (C=O) groups is 2. The zero-order valence-corrected chi connectivity index (χ0v) is 16.8. The maximum absolute atomic E-state index is 12.9. The van der Waals surface area contributed by atoms with Crippen LogP contribution in [-0.2, 0) is 9.59 Å². The van der Waals surface area contributed by atoms with Crippen molar-refractivity contribution in [2.45, 2.75) is 37.6 Å². The molecule has 2 rings (SSSR count). The Labute approximate surface area is 167 Å². The predicted molar refractivity (Wildman–Crippen MR) is 112 cm³/mol. The van der Waals surface area contributed by atoms with E-state index in [-0.39, 0.29) is 17.7 Å². The zero-order chi connectivity index (χ0) is 20.5. The van der Waals surface area contributed by atoms with E-state index in [2.05, 4.69) is 18.5 Å². The molecule has 2 atom stereocenters. The van der Waals surface area contributed by atoms with Gasteiger partial charge in [-0.1, -0.05) is 49.6 Å². The molecule has 1 N–H and O–H groups in total. The molecule has 0 saturated carbocycles. The minimum Gasteiger partial charge on any atom is -0.496 e. The van der Waals surface area contributed by atoms with Gasteiger partial charge in [-0.25, -0.2) is 0 Å². The van der Waals surface area contributed by atoms with Crippen molar-refractivity contribution >= 4 is 11.8 Å². The molecule has 2 amide bonds. The van der Waals surface area contributed by atoms with Crippen LogP contribution in [0.3, 0.4) is 0 Å². The second-order valence-corrected chi connectivity index (χ2v) is 6.89. The van der Waals surface area contributed by atoms with Gasteiger partial charge in [0.15, 0.2) is 0 Å². The van der Waals surface area contributed by atoms with E-state index < -0.39 is 6.04 Å². The number of para-hydroxylation sites is 1. The normalized spacial score (nSPS) is 19.2. The van der Waals surface area contributed by atoms with E-state index in [0.717, 1.165) is 23.3 Å². The van der Waals surface area contributed by atoms with Crippen molar-refractivity contribution in [3.8, 4) is 5.75 Å². The Balaban J connectivity index is 2.11. The number of nitrogens with one attached hydrogen (secondary N) is 1. The fraction of sp³-hybridized carbons (Fsp3) is 0.391. The number of methoxy groups -OCH3 is 1. The third-order valence-electron chi connectivity index (χ3n) is 5.20. The van der Waals surface area contributed by atoms with Crippen molar-refractivity contribution in [3.05, 3.63) is 66.8 Å². The van der Waals surface area contributed by atoms with Crippen LogP contribution >= 0.6 is 0 Å². The number of rotatable bonds is 9. The summed E-state index contributed by atoms with van der Waals surface area (Å²) in [7, 11) is 3.25. The van der Waals surface area contributed by atoms with E-state index in [0.29, 0.717) is 25.8 Å². The quantitative estimate of drug-likeness (QED) is 0.664. The van der Waals surface area contributed by atoms with Crippen LogP contribution in [0.25, 0.3) is 0 Å². The molecule has 1 aromatic rings. The molecule has 0 aromatic heterocycles. The summed E-state index contributed by atoms with van der Waals surface area (Å²) in [4.78, 5) is 27.0. The van der Waals surface area contributed by atoms with Gasteiger partial charge in [-0.3, -0.25) is 9.59 Å². The zero-order valence-electron chi connectivity index (χ0n) is 16.8. The van der Waals surface area contributed by atoms with Gasteiger partial charge in [0.1, 0.15) is 11.8 Å². The molecule has 28 heavy (non-hydrogen) atoms. The minimum atomic E-state index is -0.449. The van der Waals surface area contributed by atoms with E-state index in [1.54, 1.807) is 31.2 Å². The number of allylic oxidation sites excluding steroid dienone is 4. The van der Waals surface area contributed by atoms with Gasteiger partial charge in [0.05, 0.1) is 7.11 Å². The van der Waals surface area contributed by atoms with Crippen molar-refractivity contribution in [3.63, 3.8) is 0 Å². The predicted octanol–water partition coefficient (Wildman–Crippen LogP) is 3.59. The topological polar surface area (TPSA) is 58.6 Å². The first kappa shape index (κ1) is 21.5. The second kappa shape index (κ2) is 10.5. The lowest BCUT2D eigenvalue weighted by atomic mass is 9.95. The lowest BCUT2D eigenvalue weighted by molar-refractivity contribution is -0.138. The number of hydrogen-bond donors (Lipinski definition) is 1. The Morgan fingerprint density at radius 1 is 1.29 bits per heavy atom. The molecule has 0 unspecified atom stereocenters. The summed E-state index contributed by atoms with van der Waals surface area (Å²) in [6.07, 6.45) is 7.87. The number of benzene rings is 1. The summed E-state index contributed by atoms with van der Waals surface area (Å²) in [5.74, 6) is 0.756. The Bertz CT molecular complexity index is 754. The van der Waals surface area contributed by atoms with Gasteiger partial charge in [-0.15, -0.1) is 0 Å². The lowest BCUT2D eigenvalue weighted by Gasteiger charge is -2.23. The van der Waals surface area contributed by atoms with Gasteiger partial charge in [0, 0.05) is 25.9 Å². The highest BCUT2D eigenvalue weighted by Crippen LogP contribution is 2.37. The Morgan fingerprint density at radius 3 is 2.68 bits per heavy atom. The van der Waals surface area contributed by atoms with Crippen molar-refractivity contribution in [1.29, 1.82) is 0 Å². The first-order valence-corrected chi connectivity index (χ1v) is 9.63. The molecule has 5 nitrogen and oxygen atoms in total. The lowest BCUT2D eigenvalue weighted by Crippen LogP contribution is -2.44. The minimum absolute atomic E-state index is 0.00742. The molecular weight excluding hydrogens is 352 g/mol. The molecule has 1 aliphatic rings.